The Morgan fingerprint density at radius 3 is 2.92 bits per heavy atom. The number of methoxy groups -OCH3 is 1. The number of fused-ring (bicyclic) bond motifs is 1. The van der Waals surface area contributed by atoms with Gasteiger partial charge in [-0.1, -0.05) is 18.2 Å². The van der Waals surface area contributed by atoms with Crippen molar-refractivity contribution >= 4 is 22.4 Å². The summed E-state index contributed by atoms with van der Waals surface area (Å²) in [5.41, 5.74) is 2.30. The molecule has 1 aromatic carbocycles. The Bertz CT molecular complexity index is 860. The van der Waals surface area contributed by atoms with Gasteiger partial charge in [-0.2, -0.15) is 4.98 Å². The van der Waals surface area contributed by atoms with E-state index in [1.807, 2.05) is 24.4 Å². The number of nitrogens with zero attached hydrogens (tertiary/aromatic N) is 2. The van der Waals surface area contributed by atoms with Crippen LogP contribution in [0.1, 0.15) is 12.0 Å². The van der Waals surface area contributed by atoms with Gasteiger partial charge in [0.1, 0.15) is 0 Å². The minimum absolute atomic E-state index is 0.0529. The van der Waals surface area contributed by atoms with Gasteiger partial charge in [-0.25, -0.2) is 0 Å². The van der Waals surface area contributed by atoms with E-state index in [-0.39, 0.29) is 11.5 Å². The van der Waals surface area contributed by atoms with Crippen LogP contribution in [0.25, 0.3) is 10.9 Å². The Kier molecular flexibility index (Phi) is 4.60. The number of aryl methyl sites for hydroxylation is 1. The van der Waals surface area contributed by atoms with Crippen molar-refractivity contribution in [2.75, 3.05) is 19.0 Å². The number of nitro groups is 1. The Morgan fingerprint density at radius 1 is 1.29 bits per heavy atom. The second kappa shape index (κ2) is 6.99. The van der Waals surface area contributed by atoms with Crippen molar-refractivity contribution in [1.82, 2.24) is 9.97 Å². The van der Waals surface area contributed by atoms with Gasteiger partial charge in [-0.3, -0.25) is 10.1 Å². The molecule has 0 aliphatic carbocycles. The Morgan fingerprint density at radius 2 is 2.12 bits per heavy atom. The largest absolute Gasteiger partial charge is 0.481 e. The van der Waals surface area contributed by atoms with E-state index in [0.717, 1.165) is 18.4 Å². The fourth-order valence-corrected chi connectivity index (χ4v) is 2.65. The highest BCUT2D eigenvalue weighted by atomic mass is 16.6. The summed E-state index contributed by atoms with van der Waals surface area (Å²) < 4.78 is 5.03. The molecule has 24 heavy (non-hydrogen) atoms. The molecule has 7 nitrogen and oxygen atoms in total. The zero-order valence-electron chi connectivity index (χ0n) is 13.3. The van der Waals surface area contributed by atoms with Crippen LogP contribution in [0.2, 0.25) is 0 Å². The number of benzene rings is 1. The monoisotopic (exact) mass is 326 g/mol. The third-order valence-corrected chi connectivity index (χ3v) is 3.84. The lowest BCUT2D eigenvalue weighted by molar-refractivity contribution is -0.384. The van der Waals surface area contributed by atoms with Crippen LogP contribution in [0, 0.1) is 10.1 Å². The fraction of sp³-hybridized carbons (Fsp3) is 0.235. The summed E-state index contributed by atoms with van der Waals surface area (Å²) in [6.45, 7) is 0.584. The molecule has 0 amide bonds. The van der Waals surface area contributed by atoms with E-state index in [0.29, 0.717) is 12.4 Å². The van der Waals surface area contributed by atoms with E-state index in [2.05, 4.69) is 21.4 Å². The lowest BCUT2D eigenvalue weighted by Crippen LogP contribution is -2.07. The summed E-state index contributed by atoms with van der Waals surface area (Å²) in [5.74, 6) is 0.581. The normalized spacial score (nSPS) is 10.7. The molecule has 0 saturated heterocycles. The second-order valence-electron chi connectivity index (χ2n) is 5.37. The summed E-state index contributed by atoms with van der Waals surface area (Å²) in [5, 5.41) is 15.3. The van der Waals surface area contributed by atoms with Crippen LogP contribution in [0.3, 0.4) is 0 Å². The molecule has 7 heteroatoms. The molecule has 3 aromatic rings. The first-order valence-electron chi connectivity index (χ1n) is 7.67. The van der Waals surface area contributed by atoms with E-state index in [9.17, 15) is 10.1 Å². The molecule has 0 bridgehead atoms. The number of H-pyrrole nitrogens is 1. The average molecular weight is 326 g/mol. The van der Waals surface area contributed by atoms with Crippen molar-refractivity contribution in [3.8, 4) is 5.88 Å². The van der Waals surface area contributed by atoms with Crippen LogP contribution in [0.4, 0.5) is 11.5 Å². The van der Waals surface area contributed by atoms with Crippen LogP contribution >= 0.6 is 0 Å². The fourth-order valence-electron chi connectivity index (χ4n) is 2.65. The van der Waals surface area contributed by atoms with Gasteiger partial charge in [0.05, 0.1) is 12.0 Å². The SMILES string of the molecule is COc1ccc([N+](=O)[O-])c(NCCCc2c[nH]c3ccccc23)n1. The van der Waals surface area contributed by atoms with Gasteiger partial charge in [0, 0.05) is 35.8 Å². The molecule has 2 aromatic heterocycles. The number of pyridine rings is 1. The Labute approximate surface area is 138 Å². The van der Waals surface area contributed by atoms with Gasteiger partial charge in [0.15, 0.2) is 0 Å². The lowest BCUT2D eigenvalue weighted by atomic mass is 10.1. The zero-order chi connectivity index (χ0) is 16.9. The van der Waals surface area contributed by atoms with E-state index >= 15 is 0 Å². The summed E-state index contributed by atoms with van der Waals surface area (Å²) >= 11 is 0. The topological polar surface area (TPSA) is 93.1 Å². The predicted octanol–water partition coefficient (Wildman–Crippen LogP) is 3.52. The molecular formula is C17H18N4O3. The molecule has 0 aliphatic heterocycles. The number of anilines is 1. The van der Waals surface area contributed by atoms with Crippen molar-refractivity contribution in [2.24, 2.45) is 0 Å². The molecule has 0 aliphatic rings. The molecule has 2 N–H and O–H groups in total. The second-order valence-corrected chi connectivity index (χ2v) is 5.37. The van der Waals surface area contributed by atoms with Gasteiger partial charge in [0.25, 0.3) is 0 Å². The quantitative estimate of drug-likeness (QED) is 0.393. The first-order chi connectivity index (χ1) is 11.7. The maximum Gasteiger partial charge on any atom is 0.311 e. The lowest BCUT2D eigenvalue weighted by Gasteiger charge is -2.07. The Balaban J connectivity index is 1.63. The molecule has 2 heterocycles. The van der Waals surface area contributed by atoms with E-state index in [1.54, 1.807) is 0 Å². The van der Waals surface area contributed by atoms with Gasteiger partial charge >= 0.3 is 5.69 Å². The smallest absolute Gasteiger partial charge is 0.311 e. The van der Waals surface area contributed by atoms with Crippen molar-refractivity contribution in [3.05, 3.63) is 58.3 Å². The van der Waals surface area contributed by atoms with E-state index in [4.69, 9.17) is 4.74 Å². The van der Waals surface area contributed by atoms with Gasteiger partial charge < -0.3 is 15.0 Å². The molecule has 0 saturated carbocycles. The maximum atomic E-state index is 11.1. The molecule has 0 fully saturated rings. The van der Waals surface area contributed by atoms with Crippen molar-refractivity contribution < 1.29 is 9.66 Å². The van der Waals surface area contributed by atoms with Crippen LogP contribution in [-0.2, 0) is 6.42 Å². The van der Waals surface area contributed by atoms with Crippen LogP contribution in [-0.4, -0.2) is 28.5 Å². The third-order valence-electron chi connectivity index (χ3n) is 3.84. The number of hydrogen-bond donors (Lipinski definition) is 2. The van der Waals surface area contributed by atoms with Gasteiger partial charge in [-0.15, -0.1) is 0 Å². The molecule has 0 atom stereocenters. The highest BCUT2D eigenvalue weighted by Crippen LogP contribution is 2.25. The third kappa shape index (κ3) is 3.29. The number of aromatic nitrogens is 2. The summed E-state index contributed by atoms with van der Waals surface area (Å²) in [6.07, 6.45) is 3.71. The maximum absolute atomic E-state index is 11.1. The van der Waals surface area contributed by atoms with Crippen molar-refractivity contribution in [2.45, 2.75) is 12.8 Å². The number of nitrogens with one attached hydrogen (secondary N) is 2. The number of rotatable bonds is 7. The summed E-state index contributed by atoms with van der Waals surface area (Å²) in [7, 11) is 1.48. The molecular weight excluding hydrogens is 308 g/mol. The minimum Gasteiger partial charge on any atom is -0.481 e. The molecule has 0 unspecified atom stereocenters. The van der Waals surface area contributed by atoms with Crippen molar-refractivity contribution in [1.29, 1.82) is 0 Å². The van der Waals surface area contributed by atoms with Gasteiger partial charge in [-0.05, 0) is 24.5 Å². The molecule has 3 rings (SSSR count). The number of aromatic amines is 1. The first-order valence-corrected chi connectivity index (χ1v) is 7.67. The Hall–Kier alpha value is -3.09. The van der Waals surface area contributed by atoms with E-state index in [1.165, 1.54) is 30.2 Å². The number of hydrogen-bond acceptors (Lipinski definition) is 5. The number of ether oxygens (including phenoxy) is 1. The summed E-state index contributed by atoms with van der Waals surface area (Å²) in [6, 6.07) is 11.0. The molecule has 0 radical (unpaired) electrons. The van der Waals surface area contributed by atoms with Crippen LogP contribution in [0.15, 0.2) is 42.6 Å². The predicted molar refractivity (Wildman–Crippen MR) is 92.6 cm³/mol. The average Bonchev–Trinajstić information content (AvgIpc) is 3.01. The van der Waals surface area contributed by atoms with Crippen LogP contribution < -0.4 is 10.1 Å². The first kappa shape index (κ1) is 15.8. The highest BCUT2D eigenvalue weighted by molar-refractivity contribution is 5.83. The highest BCUT2D eigenvalue weighted by Gasteiger charge is 2.16. The standard InChI is InChI=1S/C17H18N4O3/c1-24-16-9-8-15(21(22)23)17(20-16)18-10-4-5-12-11-19-14-7-3-2-6-13(12)14/h2-3,6-9,11,19H,4-5,10H2,1H3,(H,18,20). The van der Waals surface area contributed by atoms with Gasteiger partial charge in [0.2, 0.25) is 11.7 Å². The summed E-state index contributed by atoms with van der Waals surface area (Å²) in [4.78, 5) is 18.0. The minimum atomic E-state index is -0.450. The van der Waals surface area contributed by atoms with E-state index < -0.39 is 4.92 Å². The zero-order valence-corrected chi connectivity index (χ0v) is 13.3. The molecule has 124 valence electrons. The van der Waals surface area contributed by atoms with Crippen LogP contribution in [0.5, 0.6) is 5.88 Å². The molecule has 0 spiro atoms. The van der Waals surface area contributed by atoms with Crippen molar-refractivity contribution in [3.63, 3.8) is 0 Å². The number of para-hydroxylation sites is 1.